The molecule has 4 nitrogen and oxygen atoms in total. The number of anilines is 1. The van der Waals surface area contributed by atoms with E-state index in [1.54, 1.807) is 6.08 Å². The van der Waals surface area contributed by atoms with Crippen molar-refractivity contribution in [3.05, 3.63) is 107 Å². The molecule has 0 aliphatic carbocycles. The first kappa shape index (κ1) is 21.4. The predicted octanol–water partition coefficient (Wildman–Crippen LogP) is 5.21. The first-order valence-electron chi connectivity index (χ1n) is 11.7. The van der Waals surface area contributed by atoms with E-state index in [-0.39, 0.29) is 23.7 Å². The summed E-state index contributed by atoms with van der Waals surface area (Å²) in [7, 11) is 0. The molecular weight excluding hydrogens is 440 g/mol. The molecule has 2 saturated heterocycles. The third-order valence-electron chi connectivity index (χ3n) is 7.54. The van der Waals surface area contributed by atoms with Gasteiger partial charge in [-0.3, -0.25) is 14.5 Å². The summed E-state index contributed by atoms with van der Waals surface area (Å²) in [6.45, 7) is 2.05. The number of hydrogen-bond donors (Lipinski definition) is 1. The number of nitrogens with zero attached hydrogens (tertiary/aromatic N) is 1. The van der Waals surface area contributed by atoms with Crippen LogP contribution in [0, 0.1) is 12.8 Å². The first-order chi connectivity index (χ1) is 16.6. The van der Waals surface area contributed by atoms with E-state index in [1.807, 2.05) is 91.5 Å². The van der Waals surface area contributed by atoms with Gasteiger partial charge in [-0.1, -0.05) is 84.4 Å². The van der Waals surface area contributed by atoms with Crippen molar-refractivity contribution in [3.63, 3.8) is 0 Å². The van der Waals surface area contributed by atoms with Crippen molar-refractivity contribution in [2.24, 2.45) is 5.92 Å². The van der Waals surface area contributed by atoms with E-state index in [4.69, 9.17) is 0 Å². The van der Waals surface area contributed by atoms with Crippen molar-refractivity contribution in [2.75, 3.05) is 16.9 Å². The number of fused-ring (bicyclic) bond motifs is 4. The van der Waals surface area contributed by atoms with Gasteiger partial charge in [0.25, 0.3) is 0 Å². The SMILES string of the molecule is Cc1ccc(/C=C/C(=O)[C@H]2[C@H](c3ccccc3)[C@H]3CSCN3[C@]23C(=O)Nc2ccccc23)cc1. The monoisotopic (exact) mass is 466 g/mol. The molecular formula is C29H26N2O2S. The van der Waals surface area contributed by atoms with Crippen LogP contribution in [-0.2, 0) is 15.1 Å². The highest BCUT2D eigenvalue weighted by Gasteiger charge is 2.69. The third kappa shape index (κ3) is 3.11. The van der Waals surface area contributed by atoms with Gasteiger partial charge in [-0.25, -0.2) is 0 Å². The number of para-hydroxylation sites is 1. The van der Waals surface area contributed by atoms with Gasteiger partial charge >= 0.3 is 0 Å². The fourth-order valence-electron chi connectivity index (χ4n) is 6.07. The number of thioether (sulfide) groups is 1. The van der Waals surface area contributed by atoms with Gasteiger partial charge in [0.15, 0.2) is 5.78 Å². The van der Waals surface area contributed by atoms with Crippen LogP contribution in [0.15, 0.2) is 84.9 Å². The van der Waals surface area contributed by atoms with Crippen LogP contribution < -0.4 is 5.32 Å². The predicted molar refractivity (Wildman–Crippen MR) is 138 cm³/mol. The maximum absolute atomic E-state index is 14.1. The Morgan fingerprint density at radius 2 is 1.76 bits per heavy atom. The van der Waals surface area contributed by atoms with E-state index in [2.05, 4.69) is 22.3 Å². The quantitative estimate of drug-likeness (QED) is 0.536. The molecule has 34 heavy (non-hydrogen) atoms. The maximum atomic E-state index is 14.1. The smallest absolute Gasteiger partial charge is 0.250 e. The average Bonchev–Trinajstić information content (AvgIpc) is 3.52. The van der Waals surface area contributed by atoms with Gasteiger partial charge < -0.3 is 5.32 Å². The molecule has 1 spiro atoms. The fraction of sp³-hybridized carbons (Fsp3) is 0.241. The Balaban J connectivity index is 1.52. The van der Waals surface area contributed by atoms with Crippen LogP contribution in [0.2, 0.25) is 0 Å². The minimum atomic E-state index is -1.00. The van der Waals surface area contributed by atoms with Crippen molar-refractivity contribution >= 4 is 35.2 Å². The van der Waals surface area contributed by atoms with E-state index >= 15 is 0 Å². The number of allylic oxidation sites excluding steroid dienone is 1. The molecule has 1 N–H and O–H groups in total. The summed E-state index contributed by atoms with van der Waals surface area (Å²) >= 11 is 1.84. The fourth-order valence-corrected chi connectivity index (χ4v) is 7.40. The zero-order valence-electron chi connectivity index (χ0n) is 19.0. The van der Waals surface area contributed by atoms with E-state index in [0.717, 1.165) is 34.0 Å². The lowest BCUT2D eigenvalue weighted by molar-refractivity contribution is -0.134. The molecule has 170 valence electrons. The van der Waals surface area contributed by atoms with Crippen molar-refractivity contribution < 1.29 is 9.59 Å². The highest BCUT2D eigenvalue weighted by Crippen LogP contribution is 2.60. The highest BCUT2D eigenvalue weighted by molar-refractivity contribution is 7.99. The summed E-state index contributed by atoms with van der Waals surface area (Å²) in [4.78, 5) is 30.3. The molecule has 3 aliphatic rings. The second-order valence-electron chi connectivity index (χ2n) is 9.36. The summed E-state index contributed by atoms with van der Waals surface area (Å²) in [6.07, 6.45) is 3.57. The summed E-state index contributed by atoms with van der Waals surface area (Å²) in [5, 5.41) is 3.11. The van der Waals surface area contributed by atoms with E-state index in [0.29, 0.717) is 0 Å². The van der Waals surface area contributed by atoms with E-state index in [1.165, 1.54) is 5.56 Å². The molecule has 0 aromatic heterocycles. The van der Waals surface area contributed by atoms with Gasteiger partial charge in [0.05, 0.1) is 5.92 Å². The zero-order valence-corrected chi connectivity index (χ0v) is 19.8. The highest BCUT2D eigenvalue weighted by atomic mass is 32.2. The Labute approximate surface area is 204 Å². The van der Waals surface area contributed by atoms with Crippen molar-refractivity contribution in [3.8, 4) is 0 Å². The van der Waals surface area contributed by atoms with Gasteiger partial charge in [-0.15, -0.1) is 11.8 Å². The Kier molecular flexibility index (Phi) is 5.19. The normalized spacial score (nSPS) is 27.8. The topological polar surface area (TPSA) is 49.4 Å². The van der Waals surface area contributed by atoms with Crippen LogP contribution >= 0.6 is 11.8 Å². The molecule has 0 unspecified atom stereocenters. The Morgan fingerprint density at radius 1 is 1.03 bits per heavy atom. The van der Waals surface area contributed by atoms with Crippen LogP contribution in [-0.4, -0.2) is 34.3 Å². The maximum Gasteiger partial charge on any atom is 0.250 e. The number of nitrogens with one attached hydrogen (secondary N) is 1. The zero-order chi connectivity index (χ0) is 23.3. The van der Waals surface area contributed by atoms with Crippen LogP contribution in [0.3, 0.4) is 0 Å². The molecule has 3 aromatic carbocycles. The number of rotatable bonds is 4. The lowest BCUT2D eigenvalue weighted by Gasteiger charge is -2.36. The second kappa shape index (κ2) is 8.26. The molecule has 2 fully saturated rings. The van der Waals surface area contributed by atoms with Gasteiger partial charge in [0.1, 0.15) is 5.54 Å². The summed E-state index contributed by atoms with van der Waals surface area (Å²) in [6, 6.07) is 26.4. The van der Waals surface area contributed by atoms with Crippen molar-refractivity contribution in [1.29, 1.82) is 0 Å². The van der Waals surface area contributed by atoms with Crippen LogP contribution in [0.1, 0.15) is 28.2 Å². The Morgan fingerprint density at radius 3 is 2.56 bits per heavy atom. The second-order valence-corrected chi connectivity index (χ2v) is 10.4. The number of amides is 1. The minimum absolute atomic E-state index is 0.000631. The van der Waals surface area contributed by atoms with Crippen LogP contribution in [0.25, 0.3) is 6.08 Å². The van der Waals surface area contributed by atoms with E-state index < -0.39 is 11.5 Å². The molecule has 3 aliphatic heterocycles. The number of benzene rings is 3. The Bertz CT molecular complexity index is 1290. The number of aryl methyl sites for hydroxylation is 1. The summed E-state index contributed by atoms with van der Waals surface area (Å²) in [5.41, 5.74) is 4.02. The number of hydrogen-bond acceptors (Lipinski definition) is 4. The van der Waals surface area contributed by atoms with Gasteiger partial charge in [-0.2, -0.15) is 0 Å². The average molecular weight is 467 g/mol. The molecule has 3 heterocycles. The van der Waals surface area contributed by atoms with E-state index in [9.17, 15) is 9.59 Å². The standard InChI is InChI=1S/C29H26N2O2S/c1-19-11-13-20(14-12-19)15-16-25(32)27-26(21-7-3-2-4-8-21)24-17-34-18-31(24)29(27)22-9-5-6-10-23(22)30-28(29)33/h2-16,24,26-27H,17-18H2,1H3,(H,30,33)/b16-15+/t24-,26-,27+,29+/m1/s1. The summed E-state index contributed by atoms with van der Waals surface area (Å²) in [5.74, 6) is 0.987. The molecule has 3 aromatic rings. The van der Waals surface area contributed by atoms with Crippen molar-refractivity contribution in [1.82, 2.24) is 4.90 Å². The largest absolute Gasteiger partial charge is 0.324 e. The molecule has 0 bridgehead atoms. The molecule has 4 atom stereocenters. The molecule has 0 radical (unpaired) electrons. The third-order valence-corrected chi connectivity index (χ3v) is 8.57. The van der Waals surface area contributed by atoms with Crippen LogP contribution in [0.5, 0.6) is 0 Å². The lowest BCUT2D eigenvalue weighted by Crippen LogP contribution is -2.52. The van der Waals surface area contributed by atoms with Gasteiger partial charge in [0, 0.05) is 34.8 Å². The molecule has 5 heteroatoms. The minimum Gasteiger partial charge on any atom is -0.324 e. The van der Waals surface area contributed by atoms with Gasteiger partial charge in [0.2, 0.25) is 5.91 Å². The summed E-state index contributed by atoms with van der Waals surface area (Å²) < 4.78 is 0. The molecule has 0 saturated carbocycles. The molecule has 1 amide bonds. The lowest BCUT2D eigenvalue weighted by atomic mass is 9.70. The van der Waals surface area contributed by atoms with Crippen molar-refractivity contribution in [2.45, 2.75) is 24.4 Å². The molecule has 6 rings (SSSR count). The van der Waals surface area contributed by atoms with Gasteiger partial charge in [-0.05, 0) is 30.2 Å². The number of carbonyl (C=O) groups is 2. The first-order valence-corrected chi connectivity index (χ1v) is 12.8. The van der Waals surface area contributed by atoms with Crippen LogP contribution in [0.4, 0.5) is 5.69 Å². The number of ketones is 1. The number of carbonyl (C=O) groups excluding carboxylic acids is 2. The Hall–Kier alpha value is -3.15.